The molecular formula is C20H30O3. The fourth-order valence-corrected chi connectivity index (χ4v) is 6.60. The molecule has 3 fully saturated rings. The third-order valence-electron chi connectivity index (χ3n) is 7.64. The topological polar surface area (TPSA) is 46.5 Å². The van der Waals surface area contributed by atoms with Crippen molar-refractivity contribution < 1.29 is 14.6 Å². The summed E-state index contributed by atoms with van der Waals surface area (Å²) in [6, 6.07) is 0. The highest BCUT2D eigenvalue weighted by Gasteiger charge is 2.57. The number of carbonyl (C=O) groups is 1. The summed E-state index contributed by atoms with van der Waals surface area (Å²) in [5.74, 6) is 2.87. The van der Waals surface area contributed by atoms with E-state index < -0.39 is 0 Å². The number of hydrogen-bond donors (Lipinski definition) is 1. The van der Waals surface area contributed by atoms with Crippen LogP contribution in [0, 0.1) is 29.1 Å². The van der Waals surface area contributed by atoms with Gasteiger partial charge in [-0.1, -0.05) is 18.6 Å². The molecule has 0 aromatic heterocycles. The van der Waals surface area contributed by atoms with Gasteiger partial charge < -0.3 is 9.84 Å². The van der Waals surface area contributed by atoms with Crippen LogP contribution in [-0.4, -0.2) is 23.3 Å². The Morgan fingerprint density at radius 3 is 2.83 bits per heavy atom. The fraction of sp³-hybridized carbons (Fsp3) is 0.850. The Labute approximate surface area is 139 Å². The zero-order valence-electron chi connectivity index (χ0n) is 14.5. The first-order chi connectivity index (χ1) is 11.0. The van der Waals surface area contributed by atoms with Gasteiger partial charge in [0.15, 0.2) is 0 Å². The highest BCUT2D eigenvalue weighted by Crippen LogP contribution is 2.61. The molecule has 0 saturated heterocycles. The molecule has 0 heterocycles. The summed E-state index contributed by atoms with van der Waals surface area (Å²) in [5, 5.41) is 9.96. The Balaban J connectivity index is 1.57. The predicted octanol–water partition coefficient (Wildman–Crippen LogP) is 3.85. The van der Waals surface area contributed by atoms with E-state index in [0.717, 1.165) is 37.0 Å². The van der Waals surface area contributed by atoms with E-state index in [-0.39, 0.29) is 23.6 Å². The molecule has 3 heteroatoms. The number of fused-ring (bicyclic) bond motifs is 5. The van der Waals surface area contributed by atoms with Crippen molar-refractivity contribution in [2.24, 2.45) is 29.1 Å². The molecule has 0 bridgehead atoms. The number of carbonyl (C=O) groups excluding carboxylic acids is 1. The molecule has 0 aliphatic heterocycles. The summed E-state index contributed by atoms with van der Waals surface area (Å²) in [5.41, 5.74) is 1.73. The Morgan fingerprint density at radius 2 is 2.04 bits per heavy atom. The van der Waals surface area contributed by atoms with E-state index in [9.17, 15) is 9.90 Å². The van der Waals surface area contributed by atoms with Gasteiger partial charge in [-0.2, -0.15) is 0 Å². The maximum Gasteiger partial charge on any atom is 0.302 e. The Bertz CT molecular complexity index is 525. The molecule has 2 unspecified atom stereocenters. The predicted molar refractivity (Wildman–Crippen MR) is 88.6 cm³/mol. The maximum atomic E-state index is 11.5. The van der Waals surface area contributed by atoms with Crippen LogP contribution >= 0.6 is 0 Å². The van der Waals surface area contributed by atoms with Crippen LogP contribution in [0.3, 0.4) is 0 Å². The summed E-state index contributed by atoms with van der Waals surface area (Å²) in [4.78, 5) is 11.5. The molecule has 1 N–H and O–H groups in total. The number of esters is 1. The standard InChI is InChI=1S/C20H30O3/c1-12(21)23-19-8-7-18-17-5-3-13-11-14(22)4-6-15(13)16(17)9-10-20(18,19)2/h3,14-19,22H,4-11H2,1-2H3/t14?,15-,16+,17+,18-,19?,20-/m0/s1. The molecule has 7 atom stereocenters. The smallest absolute Gasteiger partial charge is 0.302 e. The van der Waals surface area contributed by atoms with E-state index in [1.54, 1.807) is 12.5 Å². The lowest BCUT2D eigenvalue weighted by Gasteiger charge is -2.53. The van der Waals surface area contributed by atoms with Gasteiger partial charge in [-0.3, -0.25) is 4.79 Å². The van der Waals surface area contributed by atoms with E-state index in [1.165, 1.54) is 32.1 Å². The van der Waals surface area contributed by atoms with Crippen molar-refractivity contribution in [1.82, 2.24) is 0 Å². The van der Waals surface area contributed by atoms with Crippen molar-refractivity contribution in [3.63, 3.8) is 0 Å². The second kappa shape index (κ2) is 5.61. The molecule has 4 rings (SSSR count). The molecule has 4 aliphatic carbocycles. The summed E-state index contributed by atoms with van der Waals surface area (Å²) in [6.07, 6.45) is 11.4. The maximum absolute atomic E-state index is 11.5. The Kier molecular flexibility index (Phi) is 3.83. The van der Waals surface area contributed by atoms with Gasteiger partial charge in [0, 0.05) is 12.3 Å². The lowest BCUT2D eigenvalue weighted by atomic mass is 9.53. The van der Waals surface area contributed by atoms with Crippen LogP contribution in [0.5, 0.6) is 0 Å². The van der Waals surface area contributed by atoms with Crippen molar-refractivity contribution >= 4 is 5.97 Å². The minimum absolute atomic E-state index is 0.109. The lowest BCUT2D eigenvalue weighted by Crippen LogP contribution is -2.48. The number of aliphatic hydroxyl groups is 1. The Hall–Kier alpha value is -0.830. The number of rotatable bonds is 1. The zero-order chi connectivity index (χ0) is 16.2. The molecule has 128 valence electrons. The van der Waals surface area contributed by atoms with Gasteiger partial charge >= 0.3 is 5.97 Å². The summed E-state index contributed by atoms with van der Waals surface area (Å²) in [6.45, 7) is 3.92. The number of ether oxygens (including phenoxy) is 1. The SMILES string of the molecule is CC(=O)OC1CC[C@H]2[C@@H]3CC=C4CC(O)CC[C@@H]4[C@H]3CC[C@]12C. The molecular weight excluding hydrogens is 288 g/mol. The summed E-state index contributed by atoms with van der Waals surface area (Å²) < 4.78 is 5.70. The van der Waals surface area contributed by atoms with Gasteiger partial charge in [0.1, 0.15) is 6.10 Å². The molecule has 3 nitrogen and oxygen atoms in total. The molecule has 0 aromatic carbocycles. The number of hydrogen-bond acceptors (Lipinski definition) is 3. The van der Waals surface area contributed by atoms with Crippen LogP contribution in [0.15, 0.2) is 11.6 Å². The average Bonchev–Trinajstić information content (AvgIpc) is 2.83. The van der Waals surface area contributed by atoms with Crippen molar-refractivity contribution in [2.75, 3.05) is 0 Å². The molecule has 0 radical (unpaired) electrons. The van der Waals surface area contributed by atoms with Crippen molar-refractivity contribution in [3.8, 4) is 0 Å². The number of allylic oxidation sites excluding steroid dienone is 1. The summed E-state index contributed by atoms with van der Waals surface area (Å²) in [7, 11) is 0. The monoisotopic (exact) mass is 318 g/mol. The largest absolute Gasteiger partial charge is 0.462 e. The highest BCUT2D eigenvalue weighted by atomic mass is 16.5. The van der Waals surface area contributed by atoms with Crippen LogP contribution in [0.25, 0.3) is 0 Å². The van der Waals surface area contributed by atoms with E-state index in [2.05, 4.69) is 13.0 Å². The van der Waals surface area contributed by atoms with Crippen molar-refractivity contribution in [2.45, 2.75) is 77.4 Å². The van der Waals surface area contributed by atoms with E-state index in [0.29, 0.717) is 5.92 Å². The third-order valence-corrected chi connectivity index (χ3v) is 7.64. The fourth-order valence-electron chi connectivity index (χ4n) is 6.60. The highest BCUT2D eigenvalue weighted by molar-refractivity contribution is 5.66. The zero-order valence-corrected chi connectivity index (χ0v) is 14.5. The molecule has 4 aliphatic rings. The van der Waals surface area contributed by atoms with Crippen LogP contribution in [0.4, 0.5) is 0 Å². The molecule has 23 heavy (non-hydrogen) atoms. The van der Waals surface area contributed by atoms with E-state index >= 15 is 0 Å². The lowest BCUT2D eigenvalue weighted by molar-refractivity contribution is -0.155. The van der Waals surface area contributed by atoms with Crippen LogP contribution < -0.4 is 0 Å². The summed E-state index contributed by atoms with van der Waals surface area (Å²) >= 11 is 0. The quantitative estimate of drug-likeness (QED) is 0.590. The molecule has 0 amide bonds. The van der Waals surface area contributed by atoms with Crippen molar-refractivity contribution in [1.29, 1.82) is 0 Å². The van der Waals surface area contributed by atoms with E-state index in [1.807, 2.05) is 0 Å². The molecule has 0 spiro atoms. The van der Waals surface area contributed by atoms with Crippen LogP contribution in [0.2, 0.25) is 0 Å². The van der Waals surface area contributed by atoms with Crippen molar-refractivity contribution in [3.05, 3.63) is 11.6 Å². The van der Waals surface area contributed by atoms with Crippen LogP contribution in [-0.2, 0) is 9.53 Å². The Morgan fingerprint density at radius 1 is 1.22 bits per heavy atom. The molecule has 0 aromatic rings. The van der Waals surface area contributed by atoms with Gasteiger partial charge in [0.2, 0.25) is 0 Å². The van der Waals surface area contributed by atoms with Crippen LogP contribution in [0.1, 0.15) is 65.2 Å². The first kappa shape index (κ1) is 15.7. The van der Waals surface area contributed by atoms with Gasteiger partial charge in [-0.15, -0.1) is 0 Å². The third kappa shape index (κ3) is 2.47. The molecule has 3 saturated carbocycles. The normalized spacial score (nSPS) is 48.7. The van der Waals surface area contributed by atoms with E-state index in [4.69, 9.17) is 4.74 Å². The van der Waals surface area contributed by atoms with Gasteiger partial charge in [0.25, 0.3) is 0 Å². The first-order valence-electron chi connectivity index (χ1n) is 9.53. The minimum Gasteiger partial charge on any atom is -0.462 e. The van der Waals surface area contributed by atoms with Gasteiger partial charge in [-0.05, 0) is 75.0 Å². The second-order valence-corrected chi connectivity index (χ2v) is 8.71. The minimum atomic E-state index is -0.119. The average molecular weight is 318 g/mol. The van der Waals surface area contributed by atoms with Gasteiger partial charge in [0.05, 0.1) is 6.10 Å². The number of aliphatic hydroxyl groups excluding tert-OH is 1. The van der Waals surface area contributed by atoms with Gasteiger partial charge in [-0.25, -0.2) is 0 Å². The second-order valence-electron chi connectivity index (χ2n) is 8.71. The first-order valence-corrected chi connectivity index (χ1v) is 9.53.